The number of carbonyl (C=O) groups is 1. The minimum atomic E-state index is -0.594. The molecule has 8 heteroatoms. The van der Waals surface area contributed by atoms with E-state index in [9.17, 15) is 9.18 Å². The summed E-state index contributed by atoms with van der Waals surface area (Å²) in [5.74, 6) is 0.819. The Morgan fingerprint density at radius 3 is 2.58 bits per heavy atom. The van der Waals surface area contributed by atoms with Gasteiger partial charge in [0.1, 0.15) is 11.6 Å². The number of nitrogens with one attached hydrogen (secondary N) is 2. The minimum absolute atomic E-state index is 0.0721. The lowest BCUT2D eigenvalue weighted by atomic mass is 9.86. The van der Waals surface area contributed by atoms with Crippen LogP contribution in [0.15, 0.2) is 36.4 Å². The molecule has 0 aliphatic heterocycles. The number of carbonyl (C=O) groups excluding carboxylic acids is 1. The first-order valence-electron chi connectivity index (χ1n) is 11.3. The highest BCUT2D eigenvalue weighted by Crippen LogP contribution is 2.29. The summed E-state index contributed by atoms with van der Waals surface area (Å²) < 4.78 is 14.1. The van der Waals surface area contributed by atoms with Gasteiger partial charge in [0.15, 0.2) is 0 Å². The van der Waals surface area contributed by atoms with E-state index in [2.05, 4.69) is 10.6 Å². The normalized spacial score (nSPS) is 18.2. The largest absolute Gasteiger partial charge is 0.362 e. The van der Waals surface area contributed by atoms with Crippen molar-refractivity contribution in [3.8, 4) is 0 Å². The van der Waals surface area contributed by atoms with Crippen LogP contribution in [0.3, 0.4) is 0 Å². The van der Waals surface area contributed by atoms with E-state index in [0.717, 1.165) is 42.4 Å². The fourth-order valence-electron chi connectivity index (χ4n) is 4.35. The molecule has 1 aliphatic carbocycles. The zero-order chi connectivity index (χ0) is 23.5. The molecule has 6 nitrogen and oxygen atoms in total. The maximum Gasteiger partial charge on any atom is 0.255 e. The fraction of sp³-hybridized carbons (Fsp3) is 0.400. The number of hydrogen-bond donors (Lipinski definition) is 2. The number of rotatable bonds is 6. The number of anilines is 2. The Hall–Kier alpha value is -2.93. The van der Waals surface area contributed by atoms with Crippen LogP contribution in [0.5, 0.6) is 0 Å². The highest BCUT2D eigenvalue weighted by Gasteiger charge is 2.24. The highest BCUT2D eigenvalue weighted by molar-refractivity contribution is 6.34. The maximum absolute atomic E-state index is 14.1. The van der Waals surface area contributed by atoms with Crippen LogP contribution in [0, 0.1) is 18.7 Å². The summed E-state index contributed by atoms with van der Waals surface area (Å²) in [4.78, 5) is 23.9. The maximum atomic E-state index is 14.1. The monoisotopic (exact) mass is 469 g/mol. The molecule has 1 aromatic heterocycles. The molecule has 174 valence electrons. The average Bonchev–Trinajstić information content (AvgIpc) is 2.80. The Morgan fingerprint density at radius 1 is 1.12 bits per heavy atom. The van der Waals surface area contributed by atoms with Gasteiger partial charge in [-0.25, -0.2) is 9.37 Å². The molecule has 0 atom stereocenters. The molecule has 0 unspecified atom stereocenters. The summed E-state index contributed by atoms with van der Waals surface area (Å²) >= 11 is 6.15. The van der Waals surface area contributed by atoms with Gasteiger partial charge in [-0.3, -0.25) is 4.79 Å². The van der Waals surface area contributed by atoms with Gasteiger partial charge in [0.05, 0.1) is 16.1 Å². The quantitative estimate of drug-likeness (QED) is 0.519. The Kier molecular flexibility index (Phi) is 6.98. The van der Waals surface area contributed by atoms with Crippen molar-refractivity contribution in [2.75, 3.05) is 30.9 Å². The molecule has 0 saturated heterocycles. The average molecular weight is 470 g/mol. The molecule has 0 radical (unpaired) electrons. The van der Waals surface area contributed by atoms with Gasteiger partial charge in [-0.2, -0.15) is 4.98 Å². The van der Waals surface area contributed by atoms with Crippen LogP contribution in [0.4, 0.5) is 16.2 Å². The molecule has 0 bridgehead atoms. The fourth-order valence-corrected chi connectivity index (χ4v) is 4.59. The lowest BCUT2D eigenvalue weighted by Gasteiger charge is -2.29. The smallest absolute Gasteiger partial charge is 0.255 e. The van der Waals surface area contributed by atoms with Crippen molar-refractivity contribution in [1.29, 1.82) is 0 Å². The van der Waals surface area contributed by atoms with E-state index < -0.39 is 11.7 Å². The molecule has 1 fully saturated rings. The first-order valence-corrected chi connectivity index (χ1v) is 11.6. The van der Waals surface area contributed by atoms with Crippen LogP contribution in [0.25, 0.3) is 10.9 Å². The highest BCUT2D eigenvalue weighted by atomic mass is 35.5. The number of para-hydroxylation sites is 1. The van der Waals surface area contributed by atoms with E-state index in [4.69, 9.17) is 21.6 Å². The predicted octanol–water partition coefficient (Wildman–Crippen LogP) is 5.20. The van der Waals surface area contributed by atoms with Crippen LogP contribution in [0.2, 0.25) is 5.02 Å². The number of aryl methyl sites for hydroxylation is 1. The van der Waals surface area contributed by atoms with Crippen LogP contribution in [-0.2, 0) is 0 Å². The SMILES string of the molecule is Cc1ccc(F)c(C(=O)NC[C@H]2CC[C@@H](Nc3nc(N(C)C)c4ccccc4n3)CC2)c1Cl. The van der Waals surface area contributed by atoms with Gasteiger partial charge in [0, 0.05) is 32.1 Å². The van der Waals surface area contributed by atoms with Gasteiger partial charge < -0.3 is 15.5 Å². The number of hydrogen-bond acceptors (Lipinski definition) is 5. The molecule has 1 aliphatic rings. The first kappa shape index (κ1) is 23.2. The zero-order valence-electron chi connectivity index (χ0n) is 19.2. The summed E-state index contributed by atoms with van der Waals surface area (Å²) in [6, 6.07) is 11.1. The summed E-state index contributed by atoms with van der Waals surface area (Å²) in [6.45, 7) is 2.26. The predicted molar refractivity (Wildman–Crippen MR) is 132 cm³/mol. The third-order valence-corrected chi connectivity index (χ3v) is 6.74. The van der Waals surface area contributed by atoms with Gasteiger partial charge in [-0.1, -0.05) is 29.8 Å². The standard InChI is InChI=1S/C25H29ClFN5O/c1-15-8-13-19(27)21(22(15)26)24(33)28-14-16-9-11-17(12-10-16)29-25-30-20-7-5-4-6-18(20)23(31-25)32(2)3/h4-8,13,16-17H,9-12,14H2,1-3H3,(H,28,33)(H,29,30,31)/t16-,17+. The topological polar surface area (TPSA) is 70.2 Å². The first-order chi connectivity index (χ1) is 15.8. The molecule has 0 spiro atoms. The molecule has 4 rings (SSSR count). The third-order valence-electron chi connectivity index (χ3n) is 6.25. The molecule has 2 aromatic carbocycles. The van der Waals surface area contributed by atoms with Crippen molar-refractivity contribution in [3.05, 3.63) is 58.4 Å². The van der Waals surface area contributed by atoms with Gasteiger partial charge >= 0.3 is 0 Å². The van der Waals surface area contributed by atoms with Crippen molar-refractivity contribution in [2.24, 2.45) is 5.92 Å². The van der Waals surface area contributed by atoms with Crippen molar-refractivity contribution >= 4 is 40.2 Å². The Bertz CT molecular complexity index is 1160. The molecule has 1 heterocycles. The number of nitrogens with zero attached hydrogens (tertiary/aromatic N) is 3. The number of benzene rings is 2. The van der Waals surface area contributed by atoms with Crippen LogP contribution >= 0.6 is 11.6 Å². The number of amides is 1. The summed E-state index contributed by atoms with van der Waals surface area (Å²) in [5.41, 5.74) is 1.53. The summed E-state index contributed by atoms with van der Waals surface area (Å²) in [5, 5.41) is 7.57. The Morgan fingerprint density at radius 2 is 1.85 bits per heavy atom. The Balaban J connectivity index is 1.34. The van der Waals surface area contributed by atoms with E-state index in [1.165, 1.54) is 6.07 Å². The van der Waals surface area contributed by atoms with Crippen molar-refractivity contribution < 1.29 is 9.18 Å². The number of aromatic nitrogens is 2. The third kappa shape index (κ3) is 5.19. The zero-order valence-corrected chi connectivity index (χ0v) is 19.9. The van der Waals surface area contributed by atoms with E-state index in [1.54, 1.807) is 13.0 Å². The van der Waals surface area contributed by atoms with E-state index in [1.807, 2.05) is 43.3 Å². The molecular formula is C25H29ClFN5O. The van der Waals surface area contributed by atoms with Gasteiger partial charge in [-0.15, -0.1) is 0 Å². The molecular weight excluding hydrogens is 441 g/mol. The van der Waals surface area contributed by atoms with E-state index in [-0.39, 0.29) is 16.6 Å². The summed E-state index contributed by atoms with van der Waals surface area (Å²) in [7, 11) is 3.96. The number of fused-ring (bicyclic) bond motifs is 1. The molecule has 33 heavy (non-hydrogen) atoms. The van der Waals surface area contributed by atoms with E-state index in [0.29, 0.717) is 24.0 Å². The van der Waals surface area contributed by atoms with Crippen LogP contribution in [0.1, 0.15) is 41.6 Å². The molecule has 1 saturated carbocycles. The van der Waals surface area contributed by atoms with Crippen molar-refractivity contribution in [3.63, 3.8) is 0 Å². The lowest BCUT2D eigenvalue weighted by Crippen LogP contribution is -2.34. The second-order valence-corrected chi connectivity index (χ2v) is 9.29. The molecule has 2 N–H and O–H groups in total. The van der Waals surface area contributed by atoms with Crippen LogP contribution in [-0.4, -0.2) is 42.6 Å². The molecule has 3 aromatic rings. The van der Waals surface area contributed by atoms with Gasteiger partial charge in [0.2, 0.25) is 5.95 Å². The minimum Gasteiger partial charge on any atom is -0.362 e. The second-order valence-electron chi connectivity index (χ2n) is 8.91. The van der Waals surface area contributed by atoms with E-state index >= 15 is 0 Å². The van der Waals surface area contributed by atoms with Crippen LogP contribution < -0.4 is 15.5 Å². The number of halogens is 2. The van der Waals surface area contributed by atoms with Gasteiger partial charge in [-0.05, 0) is 62.3 Å². The second kappa shape index (κ2) is 9.91. The van der Waals surface area contributed by atoms with Crippen molar-refractivity contribution in [2.45, 2.75) is 38.6 Å². The lowest BCUT2D eigenvalue weighted by molar-refractivity contribution is 0.0939. The van der Waals surface area contributed by atoms with Crippen molar-refractivity contribution in [1.82, 2.24) is 15.3 Å². The summed E-state index contributed by atoms with van der Waals surface area (Å²) in [6.07, 6.45) is 3.81. The van der Waals surface area contributed by atoms with Gasteiger partial charge in [0.25, 0.3) is 5.91 Å². The molecule has 1 amide bonds. The Labute approximate surface area is 198 Å².